The highest BCUT2D eigenvalue weighted by atomic mass is 16.3. The van der Waals surface area contributed by atoms with Gasteiger partial charge in [-0.15, -0.1) is 0 Å². The van der Waals surface area contributed by atoms with Crippen molar-refractivity contribution in [2.45, 2.75) is 51.0 Å². The molecule has 3 aliphatic rings. The molecular weight excluding hydrogens is 160 g/mol. The summed E-state index contributed by atoms with van der Waals surface area (Å²) in [7, 11) is 0. The van der Waals surface area contributed by atoms with Gasteiger partial charge in [-0.2, -0.15) is 0 Å². The Balaban J connectivity index is 1.90. The zero-order valence-corrected chi connectivity index (χ0v) is 8.24. The van der Waals surface area contributed by atoms with Crippen molar-refractivity contribution in [1.29, 1.82) is 0 Å². The van der Waals surface area contributed by atoms with Crippen LogP contribution < -0.4 is 0 Å². The molecule has 5 unspecified atom stereocenters. The van der Waals surface area contributed by atoms with E-state index in [1.165, 1.54) is 44.9 Å². The van der Waals surface area contributed by atoms with Crippen LogP contribution in [-0.2, 0) is 5.11 Å². The Morgan fingerprint density at radius 2 is 1.38 bits per heavy atom. The van der Waals surface area contributed by atoms with E-state index >= 15 is 0 Å². The van der Waals surface area contributed by atoms with Gasteiger partial charge in [-0.1, -0.05) is 12.8 Å². The van der Waals surface area contributed by atoms with Gasteiger partial charge in [0.2, 0.25) is 0 Å². The fourth-order valence-electron chi connectivity index (χ4n) is 4.08. The van der Waals surface area contributed by atoms with Crippen LogP contribution in [-0.4, -0.2) is 6.10 Å². The van der Waals surface area contributed by atoms with Crippen LogP contribution in [0.2, 0.25) is 0 Å². The Hall–Kier alpha value is -0.0400. The molecule has 0 heterocycles. The fourth-order valence-corrected chi connectivity index (χ4v) is 4.08. The Labute approximate surface area is 80.5 Å². The van der Waals surface area contributed by atoms with Crippen molar-refractivity contribution in [2.75, 3.05) is 0 Å². The molecule has 0 aromatic rings. The maximum absolute atomic E-state index is 12.1. The van der Waals surface area contributed by atoms with Gasteiger partial charge >= 0.3 is 0 Å². The van der Waals surface area contributed by atoms with Crippen molar-refractivity contribution in [1.82, 2.24) is 0 Å². The van der Waals surface area contributed by atoms with Gasteiger partial charge < -0.3 is 0 Å². The molecule has 0 N–H and O–H groups in total. The molecule has 0 aliphatic heterocycles. The Kier molecular flexibility index (Phi) is 1.90. The van der Waals surface area contributed by atoms with Gasteiger partial charge in [0.25, 0.3) is 0 Å². The van der Waals surface area contributed by atoms with Crippen LogP contribution in [0.3, 0.4) is 0 Å². The van der Waals surface area contributed by atoms with Crippen LogP contribution in [0, 0.1) is 23.7 Å². The maximum Gasteiger partial charge on any atom is 0.0988 e. The third kappa shape index (κ3) is 1.24. The molecular formula is C12H19O. The van der Waals surface area contributed by atoms with Gasteiger partial charge in [0.1, 0.15) is 0 Å². The summed E-state index contributed by atoms with van der Waals surface area (Å²) in [6, 6.07) is 0. The van der Waals surface area contributed by atoms with E-state index in [1.54, 1.807) is 0 Å². The first-order valence-corrected chi connectivity index (χ1v) is 6.00. The van der Waals surface area contributed by atoms with Crippen molar-refractivity contribution >= 4 is 0 Å². The van der Waals surface area contributed by atoms with E-state index in [9.17, 15) is 5.11 Å². The van der Waals surface area contributed by atoms with Crippen LogP contribution in [0.1, 0.15) is 44.9 Å². The summed E-state index contributed by atoms with van der Waals surface area (Å²) in [5.74, 6) is 2.90. The Morgan fingerprint density at radius 1 is 0.769 bits per heavy atom. The Morgan fingerprint density at radius 3 is 2.23 bits per heavy atom. The minimum Gasteiger partial charge on any atom is -0.232 e. The SMILES string of the molecule is [O]C1C2CCC3CCC(CC2)C1C3. The molecule has 0 aromatic carbocycles. The molecule has 3 aliphatic carbocycles. The molecule has 0 amide bonds. The summed E-state index contributed by atoms with van der Waals surface area (Å²) in [6.07, 6.45) is 9.16. The quantitative estimate of drug-likeness (QED) is 0.544. The van der Waals surface area contributed by atoms with Gasteiger partial charge in [0.15, 0.2) is 0 Å². The van der Waals surface area contributed by atoms with E-state index in [2.05, 4.69) is 0 Å². The summed E-state index contributed by atoms with van der Waals surface area (Å²) in [6.45, 7) is 0. The lowest BCUT2D eigenvalue weighted by atomic mass is 9.66. The topological polar surface area (TPSA) is 19.9 Å². The molecule has 1 heteroatoms. The van der Waals surface area contributed by atoms with Crippen LogP contribution in [0.15, 0.2) is 0 Å². The molecule has 0 aromatic heterocycles. The molecule has 0 saturated heterocycles. The second-order valence-electron chi connectivity index (χ2n) is 5.48. The highest BCUT2D eigenvalue weighted by Crippen LogP contribution is 2.50. The average molecular weight is 179 g/mol. The van der Waals surface area contributed by atoms with Crippen molar-refractivity contribution < 1.29 is 5.11 Å². The predicted molar refractivity (Wildman–Crippen MR) is 50.8 cm³/mol. The molecule has 3 bridgehead atoms. The average Bonchev–Trinajstić information content (AvgIpc) is 2.29. The molecule has 3 saturated carbocycles. The van der Waals surface area contributed by atoms with Gasteiger partial charge in [0, 0.05) is 0 Å². The molecule has 5 atom stereocenters. The number of hydrogen-bond acceptors (Lipinski definition) is 0. The van der Waals surface area contributed by atoms with E-state index in [0.717, 1.165) is 11.8 Å². The van der Waals surface area contributed by atoms with Gasteiger partial charge in [-0.25, -0.2) is 5.11 Å². The van der Waals surface area contributed by atoms with Crippen LogP contribution >= 0.6 is 0 Å². The maximum atomic E-state index is 12.1. The van der Waals surface area contributed by atoms with E-state index in [4.69, 9.17) is 0 Å². The van der Waals surface area contributed by atoms with E-state index < -0.39 is 0 Å². The lowest BCUT2D eigenvalue weighted by molar-refractivity contribution is -0.0691. The zero-order chi connectivity index (χ0) is 8.84. The third-order valence-corrected chi connectivity index (χ3v) is 4.90. The van der Waals surface area contributed by atoms with E-state index in [-0.39, 0.29) is 6.10 Å². The molecule has 0 spiro atoms. The number of rotatable bonds is 0. The first-order valence-electron chi connectivity index (χ1n) is 6.00. The van der Waals surface area contributed by atoms with Gasteiger partial charge in [0.05, 0.1) is 6.10 Å². The van der Waals surface area contributed by atoms with Crippen molar-refractivity contribution in [3.05, 3.63) is 0 Å². The molecule has 3 fully saturated rings. The van der Waals surface area contributed by atoms with E-state index in [1.807, 2.05) is 0 Å². The third-order valence-electron chi connectivity index (χ3n) is 4.90. The predicted octanol–water partition coefficient (Wildman–Crippen LogP) is 3.02. The summed E-state index contributed by atoms with van der Waals surface area (Å²) >= 11 is 0. The molecule has 13 heavy (non-hydrogen) atoms. The second-order valence-corrected chi connectivity index (χ2v) is 5.48. The summed E-state index contributed by atoms with van der Waals surface area (Å²) in [5, 5.41) is 12.1. The number of fused-ring (bicyclic) bond motifs is 2. The lowest BCUT2D eigenvalue weighted by Gasteiger charge is -2.41. The number of hydrogen-bond donors (Lipinski definition) is 0. The van der Waals surface area contributed by atoms with Crippen LogP contribution in [0.25, 0.3) is 0 Å². The lowest BCUT2D eigenvalue weighted by Crippen LogP contribution is -2.39. The zero-order valence-electron chi connectivity index (χ0n) is 8.24. The molecule has 73 valence electrons. The van der Waals surface area contributed by atoms with Crippen molar-refractivity contribution in [2.24, 2.45) is 23.7 Å². The molecule has 1 radical (unpaired) electrons. The standard InChI is InChI=1S/C12H19O/c13-12-10-4-2-8-1-3-9(5-6-10)11(12)7-8/h8-12H,1-7H2. The normalized spacial score (nSPS) is 54.7. The van der Waals surface area contributed by atoms with Crippen molar-refractivity contribution in [3.8, 4) is 0 Å². The highest BCUT2D eigenvalue weighted by molar-refractivity contribution is 4.94. The first-order chi connectivity index (χ1) is 6.34. The molecule has 1 nitrogen and oxygen atoms in total. The minimum absolute atomic E-state index is 0.177. The first kappa shape index (κ1) is 8.28. The Bertz CT molecular complexity index is 197. The van der Waals surface area contributed by atoms with Gasteiger partial charge in [-0.3, -0.25) is 0 Å². The highest BCUT2D eigenvalue weighted by Gasteiger charge is 2.44. The molecule has 3 rings (SSSR count). The second kappa shape index (κ2) is 2.98. The fraction of sp³-hybridized carbons (Fsp3) is 1.00. The smallest absolute Gasteiger partial charge is 0.0988 e. The van der Waals surface area contributed by atoms with E-state index in [0.29, 0.717) is 11.8 Å². The van der Waals surface area contributed by atoms with Crippen LogP contribution in [0.4, 0.5) is 0 Å². The largest absolute Gasteiger partial charge is 0.232 e. The monoisotopic (exact) mass is 179 g/mol. The summed E-state index contributed by atoms with van der Waals surface area (Å²) in [4.78, 5) is 0. The summed E-state index contributed by atoms with van der Waals surface area (Å²) in [5.41, 5.74) is 0. The minimum atomic E-state index is -0.177. The van der Waals surface area contributed by atoms with Crippen molar-refractivity contribution in [3.63, 3.8) is 0 Å². The van der Waals surface area contributed by atoms with Crippen LogP contribution in [0.5, 0.6) is 0 Å². The van der Waals surface area contributed by atoms with Gasteiger partial charge in [-0.05, 0) is 55.8 Å². The summed E-state index contributed by atoms with van der Waals surface area (Å²) < 4.78 is 0.